The fourth-order valence-corrected chi connectivity index (χ4v) is 2.67. The Morgan fingerprint density at radius 1 is 1.47 bits per heavy atom. The van der Waals surface area contributed by atoms with E-state index in [1.165, 1.54) is 11.1 Å². The molecule has 2 atom stereocenters. The molecule has 17 heavy (non-hydrogen) atoms. The van der Waals surface area contributed by atoms with Gasteiger partial charge in [-0.1, -0.05) is 31.5 Å². The summed E-state index contributed by atoms with van der Waals surface area (Å²) in [7, 11) is 0. The normalized spacial score (nSPS) is 20.6. The van der Waals surface area contributed by atoms with Gasteiger partial charge in [-0.25, -0.2) is 0 Å². The molecule has 0 aliphatic heterocycles. The zero-order valence-electron chi connectivity index (χ0n) is 10.4. The van der Waals surface area contributed by atoms with E-state index in [4.69, 9.17) is 11.6 Å². The van der Waals surface area contributed by atoms with Crippen LogP contribution in [0.4, 0.5) is 0 Å². The van der Waals surface area contributed by atoms with Crippen molar-refractivity contribution in [2.45, 2.75) is 38.8 Å². The minimum absolute atomic E-state index is 0.168. The predicted octanol–water partition coefficient (Wildman–Crippen LogP) is 2.93. The van der Waals surface area contributed by atoms with Crippen LogP contribution in [0.2, 0.25) is 5.02 Å². The molecule has 0 saturated carbocycles. The van der Waals surface area contributed by atoms with E-state index in [2.05, 4.69) is 31.3 Å². The van der Waals surface area contributed by atoms with Crippen LogP contribution in [0.5, 0.6) is 0 Å². The highest BCUT2D eigenvalue weighted by Gasteiger charge is 2.25. The molecule has 1 aromatic carbocycles. The van der Waals surface area contributed by atoms with Gasteiger partial charge in [0.05, 0.1) is 6.61 Å². The zero-order chi connectivity index (χ0) is 12.4. The number of fused-ring (bicyclic) bond motifs is 1. The van der Waals surface area contributed by atoms with E-state index in [0.29, 0.717) is 12.0 Å². The molecule has 2 unspecified atom stereocenters. The van der Waals surface area contributed by atoms with Gasteiger partial charge in [-0.15, -0.1) is 0 Å². The first-order valence-corrected chi connectivity index (χ1v) is 6.65. The second-order valence-corrected chi connectivity index (χ2v) is 5.57. The highest BCUT2D eigenvalue weighted by molar-refractivity contribution is 6.30. The molecule has 2 N–H and O–H groups in total. The molecule has 2 nitrogen and oxygen atoms in total. The molecule has 0 bridgehead atoms. The maximum Gasteiger partial charge on any atom is 0.0587 e. The fourth-order valence-electron chi connectivity index (χ4n) is 2.47. The lowest BCUT2D eigenvalue weighted by Gasteiger charge is -2.25. The Balaban J connectivity index is 2.11. The summed E-state index contributed by atoms with van der Waals surface area (Å²) in [4.78, 5) is 0. The first-order valence-electron chi connectivity index (χ1n) is 6.27. The van der Waals surface area contributed by atoms with Crippen molar-refractivity contribution in [1.29, 1.82) is 0 Å². The lowest BCUT2D eigenvalue weighted by molar-refractivity contribution is 0.199. The van der Waals surface area contributed by atoms with Crippen LogP contribution in [0.25, 0.3) is 0 Å². The Kier molecular flexibility index (Phi) is 4.08. The van der Waals surface area contributed by atoms with E-state index in [1.807, 2.05) is 6.07 Å². The average Bonchev–Trinajstić information content (AvgIpc) is 2.67. The van der Waals surface area contributed by atoms with Gasteiger partial charge in [0.2, 0.25) is 0 Å². The molecule has 0 aromatic heterocycles. The molecule has 0 spiro atoms. The van der Waals surface area contributed by atoms with E-state index in [9.17, 15) is 5.11 Å². The summed E-state index contributed by atoms with van der Waals surface area (Å²) in [5, 5.41) is 13.7. The highest BCUT2D eigenvalue weighted by atomic mass is 35.5. The number of hydrogen-bond donors (Lipinski definition) is 2. The van der Waals surface area contributed by atoms with Crippen molar-refractivity contribution in [3.63, 3.8) is 0 Å². The first-order chi connectivity index (χ1) is 8.11. The second-order valence-electron chi connectivity index (χ2n) is 5.13. The molecular formula is C14H20ClNO. The largest absolute Gasteiger partial charge is 0.395 e. The van der Waals surface area contributed by atoms with Gasteiger partial charge in [0.1, 0.15) is 0 Å². The monoisotopic (exact) mass is 253 g/mol. The molecular weight excluding hydrogens is 234 g/mol. The van der Waals surface area contributed by atoms with E-state index in [-0.39, 0.29) is 12.6 Å². The highest BCUT2D eigenvalue weighted by Crippen LogP contribution is 2.33. The van der Waals surface area contributed by atoms with Crippen LogP contribution in [0.15, 0.2) is 18.2 Å². The molecule has 1 aliphatic rings. The van der Waals surface area contributed by atoms with Crippen LogP contribution in [0, 0.1) is 5.92 Å². The Morgan fingerprint density at radius 2 is 2.24 bits per heavy atom. The van der Waals surface area contributed by atoms with Gasteiger partial charge in [0.15, 0.2) is 0 Å². The fraction of sp³-hybridized carbons (Fsp3) is 0.571. The van der Waals surface area contributed by atoms with E-state index in [0.717, 1.165) is 17.9 Å². The standard InChI is InChI=1S/C14H20ClNO/c1-9(2)14(8-17)16-13-6-3-10-7-11(15)4-5-12(10)13/h4-5,7,9,13-14,16-17H,3,6,8H2,1-2H3. The number of aryl methyl sites for hydroxylation is 1. The van der Waals surface area contributed by atoms with E-state index < -0.39 is 0 Å². The van der Waals surface area contributed by atoms with Crippen LogP contribution >= 0.6 is 11.6 Å². The molecule has 3 heteroatoms. The number of hydrogen-bond acceptors (Lipinski definition) is 2. The Hall–Kier alpha value is -0.570. The van der Waals surface area contributed by atoms with E-state index >= 15 is 0 Å². The zero-order valence-corrected chi connectivity index (χ0v) is 11.2. The van der Waals surface area contributed by atoms with Crippen LogP contribution in [-0.4, -0.2) is 17.8 Å². The maximum atomic E-state index is 9.37. The van der Waals surface area contributed by atoms with Crippen LogP contribution in [0.3, 0.4) is 0 Å². The Labute approximate surface area is 108 Å². The van der Waals surface area contributed by atoms with Gasteiger partial charge < -0.3 is 10.4 Å². The summed E-state index contributed by atoms with van der Waals surface area (Å²) in [6.07, 6.45) is 2.17. The summed E-state index contributed by atoms with van der Waals surface area (Å²) in [6, 6.07) is 6.64. The van der Waals surface area contributed by atoms with Gasteiger partial charge in [-0.2, -0.15) is 0 Å². The van der Waals surface area contributed by atoms with Crippen molar-refractivity contribution in [2.75, 3.05) is 6.61 Å². The average molecular weight is 254 g/mol. The summed E-state index contributed by atoms with van der Waals surface area (Å²) in [5.74, 6) is 0.441. The third-order valence-electron chi connectivity index (χ3n) is 3.60. The number of halogens is 1. The van der Waals surface area contributed by atoms with Crippen molar-refractivity contribution in [3.8, 4) is 0 Å². The molecule has 0 radical (unpaired) electrons. The van der Waals surface area contributed by atoms with Crippen molar-refractivity contribution < 1.29 is 5.11 Å². The number of benzene rings is 1. The lowest BCUT2D eigenvalue weighted by Crippen LogP contribution is -2.38. The Bertz CT molecular complexity index is 392. The van der Waals surface area contributed by atoms with Crippen molar-refractivity contribution in [3.05, 3.63) is 34.3 Å². The Morgan fingerprint density at radius 3 is 2.88 bits per heavy atom. The molecule has 0 amide bonds. The minimum atomic E-state index is 0.168. The van der Waals surface area contributed by atoms with Crippen LogP contribution in [0.1, 0.15) is 37.4 Å². The maximum absolute atomic E-state index is 9.37. The third kappa shape index (κ3) is 2.82. The molecule has 0 fully saturated rings. The summed E-state index contributed by atoms with van der Waals surface area (Å²) < 4.78 is 0. The van der Waals surface area contributed by atoms with Gasteiger partial charge in [0, 0.05) is 17.1 Å². The molecule has 1 aromatic rings. The molecule has 2 rings (SSSR count). The number of rotatable bonds is 4. The lowest BCUT2D eigenvalue weighted by atomic mass is 10.0. The summed E-state index contributed by atoms with van der Waals surface area (Å²) >= 11 is 5.99. The summed E-state index contributed by atoms with van der Waals surface area (Å²) in [6.45, 7) is 4.45. The van der Waals surface area contributed by atoms with Crippen molar-refractivity contribution in [2.24, 2.45) is 5.92 Å². The minimum Gasteiger partial charge on any atom is -0.395 e. The van der Waals surface area contributed by atoms with Gasteiger partial charge in [0.25, 0.3) is 0 Å². The quantitative estimate of drug-likeness (QED) is 0.865. The van der Waals surface area contributed by atoms with Crippen LogP contribution < -0.4 is 5.32 Å². The summed E-state index contributed by atoms with van der Waals surface area (Å²) in [5.41, 5.74) is 2.68. The van der Waals surface area contributed by atoms with Crippen molar-refractivity contribution >= 4 is 11.6 Å². The molecule has 0 heterocycles. The third-order valence-corrected chi connectivity index (χ3v) is 3.83. The van der Waals surface area contributed by atoms with E-state index in [1.54, 1.807) is 0 Å². The van der Waals surface area contributed by atoms with Gasteiger partial charge >= 0.3 is 0 Å². The predicted molar refractivity (Wildman–Crippen MR) is 71.4 cm³/mol. The number of aliphatic hydroxyl groups excluding tert-OH is 1. The first kappa shape index (κ1) is 12.9. The molecule has 94 valence electrons. The SMILES string of the molecule is CC(C)C(CO)NC1CCc2cc(Cl)ccc21. The number of aliphatic hydroxyl groups is 1. The molecule has 0 saturated heterocycles. The van der Waals surface area contributed by atoms with Gasteiger partial charge in [-0.05, 0) is 42.0 Å². The second kappa shape index (κ2) is 5.38. The number of nitrogens with one attached hydrogen (secondary N) is 1. The van der Waals surface area contributed by atoms with Gasteiger partial charge in [-0.3, -0.25) is 0 Å². The van der Waals surface area contributed by atoms with Crippen LogP contribution in [-0.2, 0) is 6.42 Å². The topological polar surface area (TPSA) is 32.3 Å². The molecule has 1 aliphatic carbocycles. The van der Waals surface area contributed by atoms with Crippen molar-refractivity contribution in [1.82, 2.24) is 5.32 Å². The smallest absolute Gasteiger partial charge is 0.0587 e.